The van der Waals surface area contributed by atoms with Gasteiger partial charge in [-0.2, -0.15) is 13.2 Å². The number of rotatable bonds is 6. The molecular formula is C14H12F3N5O3S2. The first kappa shape index (κ1) is 19.2. The van der Waals surface area contributed by atoms with Crippen LogP contribution < -0.4 is 4.31 Å². The van der Waals surface area contributed by atoms with E-state index >= 15 is 0 Å². The Balaban J connectivity index is 1.88. The lowest BCUT2D eigenvalue weighted by atomic mass is 10.4. The maximum atomic E-state index is 12.6. The van der Waals surface area contributed by atoms with E-state index in [0.717, 1.165) is 15.6 Å². The van der Waals surface area contributed by atoms with Crippen molar-refractivity contribution >= 4 is 27.0 Å². The number of thiazole rings is 1. The van der Waals surface area contributed by atoms with Crippen molar-refractivity contribution in [3.8, 4) is 10.8 Å². The number of alkyl halides is 3. The molecule has 0 amide bonds. The molecule has 3 heterocycles. The average Bonchev–Trinajstić information content (AvgIpc) is 3.29. The number of halogens is 3. The second kappa shape index (κ2) is 7.23. The van der Waals surface area contributed by atoms with Gasteiger partial charge in [0.15, 0.2) is 0 Å². The minimum absolute atomic E-state index is 0.104. The molecule has 13 heteroatoms. The molecule has 8 nitrogen and oxygen atoms in total. The van der Waals surface area contributed by atoms with E-state index in [1.54, 1.807) is 12.1 Å². The zero-order valence-electron chi connectivity index (χ0n) is 13.7. The fourth-order valence-electron chi connectivity index (χ4n) is 2.05. The zero-order valence-corrected chi connectivity index (χ0v) is 15.3. The van der Waals surface area contributed by atoms with Gasteiger partial charge in [-0.25, -0.2) is 13.4 Å². The number of nitrogens with zero attached hydrogens (tertiary/aromatic N) is 5. The highest BCUT2D eigenvalue weighted by Gasteiger charge is 2.38. The Morgan fingerprint density at radius 2 is 2.04 bits per heavy atom. The Bertz CT molecular complexity index is 1020. The van der Waals surface area contributed by atoms with Crippen LogP contribution in [0.3, 0.4) is 0 Å². The molecule has 3 aromatic heterocycles. The molecule has 0 spiro atoms. The van der Waals surface area contributed by atoms with Crippen molar-refractivity contribution in [1.82, 2.24) is 20.2 Å². The van der Waals surface area contributed by atoms with E-state index in [1.807, 2.05) is 0 Å². The molecule has 0 aliphatic rings. The second-order valence-electron chi connectivity index (χ2n) is 5.15. The first-order valence-electron chi connectivity index (χ1n) is 7.47. The molecule has 0 aliphatic heterocycles. The minimum atomic E-state index is -4.74. The van der Waals surface area contributed by atoms with Crippen LogP contribution in [0.1, 0.15) is 17.8 Å². The highest BCUT2D eigenvalue weighted by Crippen LogP contribution is 2.32. The largest absolute Gasteiger partial charge is 0.470 e. The Kier molecular flexibility index (Phi) is 5.15. The highest BCUT2D eigenvalue weighted by atomic mass is 32.2. The van der Waals surface area contributed by atoms with Crippen LogP contribution in [-0.2, 0) is 22.7 Å². The molecule has 0 N–H and O–H groups in total. The maximum Gasteiger partial charge on any atom is 0.470 e. The van der Waals surface area contributed by atoms with Gasteiger partial charge in [0.25, 0.3) is 5.89 Å². The van der Waals surface area contributed by atoms with Crippen molar-refractivity contribution in [2.75, 3.05) is 10.1 Å². The van der Waals surface area contributed by atoms with Crippen molar-refractivity contribution < 1.29 is 26.0 Å². The summed E-state index contributed by atoms with van der Waals surface area (Å²) in [7, 11) is -3.62. The highest BCUT2D eigenvalue weighted by molar-refractivity contribution is 7.92. The summed E-state index contributed by atoms with van der Waals surface area (Å²) in [4.78, 5) is 8.17. The van der Waals surface area contributed by atoms with Crippen molar-refractivity contribution in [3.05, 3.63) is 41.6 Å². The summed E-state index contributed by atoms with van der Waals surface area (Å²) in [5.41, 5.74) is 0.355. The summed E-state index contributed by atoms with van der Waals surface area (Å²) in [5.74, 6) is -1.94. The summed E-state index contributed by atoms with van der Waals surface area (Å²) < 4.78 is 68.2. The summed E-state index contributed by atoms with van der Waals surface area (Å²) in [6, 6.07) is 3.18. The van der Waals surface area contributed by atoms with E-state index in [-0.39, 0.29) is 23.1 Å². The standard InChI is InChI=1S/C14H12F3N5O3S2/c1-2-27(23,24)22(9-4-3-5-18-6-9)8-11-19-7-10(26-11)12-20-21-13(25-12)14(15,16)17/h3-7H,2,8H2,1H3. The van der Waals surface area contributed by atoms with Gasteiger partial charge in [-0.15, -0.1) is 21.5 Å². The van der Waals surface area contributed by atoms with E-state index in [1.165, 1.54) is 25.5 Å². The van der Waals surface area contributed by atoms with E-state index < -0.39 is 22.1 Å². The van der Waals surface area contributed by atoms with Gasteiger partial charge in [-0.05, 0) is 19.1 Å². The Morgan fingerprint density at radius 3 is 2.63 bits per heavy atom. The number of hydrogen-bond donors (Lipinski definition) is 0. The van der Waals surface area contributed by atoms with Crippen LogP contribution in [-0.4, -0.2) is 34.3 Å². The Labute approximate surface area is 155 Å². The third kappa shape index (κ3) is 4.24. The van der Waals surface area contributed by atoms with E-state index in [0.29, 0.717) is 10.7 Å². The van der Waals surface area contributed by atoms with Gasteiger partial charge < -0.3 is 4.42 Å². The molecular weight excluding hydrogens is 407 g/mol. The van der Waals surface area contributed by atoms with Crippen LogP contribution in [0.4, 0.5) is 18.9 Å². The lowest BCUT2D eigenvalue weighted by Gasteiger charge is -2.22. The molecule has 27 heavy (non-hydrogen) atoms. The summed E-state index contributed by atoms with van der Waals surface area (Å²) in [5, 5.41) is 6.66. The molecule has 0 fully saturated rings. The van der Waals surface area contributed by atoms with Crippen molar-refractivity contribution in [2.45, 2.75) is 19.6 Å². The van der Waals surface area contributed by atoms with Crippen molar-refractivity contribution in [3.63, 3.8) is 0 Å². The van der Waals surface area contributed by atoms with Crippen molar-refractivity contribution in [2.24, 2.45) is 0 Å². The quantitative estimate of drug-likeness (QED) is 0.605. The fraction of sp³-hybridized carbons (Fsp3) is 0.286. The third-order valence-electron chi connectivity index (χ3n) is 3.35. The number of pyridine rings is 1. The molecule has 0 aromatic carbocycles. The van der Waals surface area contributed by atoms with Crippen LogP contribution in [0, 0.1) is 0 Å². The van der Waals surface area contributed by atoms with Crippen LogP contribution in [0.2, 0.25) is 0 Å². The van der Waals surface area contributed by atoms with Gasteiger partial charge in [0.05, 0.1) is 30.4 Å². The van der Waals surface area contributed by atoms with Gasteiger partial charge in [-0.3, -0.25) is 9.29 Å². The number of sulfonamides is 1. The first-order valence-corrected chi connectivity index (χ1v) is 9.89. The topological polar surface area (TPSA) is 102 Å². The van der Waals surface area contributed by atoms with Crippen LogP contribution in [0.15, 0.2) is 35.1 Å². The molecule has 0 saturated heterocycles. The molecule has 0 unspecified atom stereocenters. The van der Waals surface area contributed by atoms with Gasteiger partial charge in [-0.1, -0.05) is 0 Å². The number of aromatic nitrogens is 4. The van der Waals surface area contributed by atoms with Gasteiger partial charge >= 0.3 is 12.1 Å². The monoisotopic (exact) mass is 419 g/mol. The minimum Gasteiger partial charge on any atom is -0.412 e. The van der Waals surface area contributed by atoms with Gasteiger partial charge in [0.2, 0.25) is 10.0 Å². The maximum absolute atomic E-state index is 12.6. The van der Waals surface area contributed by atoms with E-state index in [4.69, 9.17) is 0 Å². The summed E-state index contributed by atoms with van der Waals surface area (Å²) >= 11 is 0.958. The average molecular weight is 419 g/mol. The smallest absolute Gasteiger partial charge is 0.412 e. The molecule has 144 valence electrons. The van der Waals surface area contributed by atoms with Crippen LogP contribution in [0.5, 0.6) is 0 Å². The zero-order chi connectivity index (χ0) is 19.7. The summed E-state index contributed by atoms with van der Waals surface area (Å²) in [6.07, 6.45) is -0.580. The van der Waals surface area contributed by atoms with Gasteiger partial charge in [0, 0.05) is 6.20 Å². The SMILES string of the molecule is CCS(=O)(=O)N(Cc1ncc(-c2nnc(C(F)(F)F)o2)s1)c1cccnc1. The fourth-order valence-corrected chi connectivity index (χ4v) is 4.02. The number of anilines is 1. The number of hydrogen-bond acceptors (Lipinski definition) is 8. The Hall–Kier alpha value is -2.54. The van der Waals surface area contributed by atoms with Crippen LogP contribution >= 0.6 is 11.3 Å². The van der Waals surface area contributed by atoms with E-state index in [2.05, 4.69) is 24.6 Å². The predicted octanol–water partition coefficient (Wildman–Crippen LogP) is 2.96. The van der Waals surface area contributed by atoms with Crippen molar-refractivity contribution in [1.29, 1.82) is 0 Å². The molecule has 0 radical (unpaired) electrons. The van der Waals surface area contributed by atoms with Crippen LogP contribution in [0.25, 0.3) is 10.8 Å². The molecule has 3 aromatic rings. The summed E-state index contributed by atoms with van der Waals surface area (Å²) in [6.45, 7) is 1.40. The Morgan fingerprint density at radius 1 is 1.26 bits per heavy atom. The lowest BCUT2D eigenvalue weighted by Crippen LogP contribution is -2.31. The first-order chi connectivity index (χ1) is 12.7. The predicted molar refractivity (Wildman–Crippen MR) is 90.3 cm³/mol. The third-order valence-corrected chi connectivity index (χ3v) is 6.06. The molecule has 0 aliphatic carbocycles. The normalized spacial score (nSPS) is 12.3. The van der Waals surface area contributed by atoms with Gasteiger partial charge in [0.1, 0.15) is 9.88 Å². The second-order valence-corrected chi connectivity index (χ2v) is 8.44. The molecule has 3 rings (SSSR count). The lowest BCUT2D eigenvalue weighted by molar-refractivity contribution is -0.156. The molecule has 0 atom stereocenters. The molecule has 0 bridgehead atoms. The van der Waals surface area contributed by atoms with E-state index in [9.17, 15) is 21.6 Å². The molecule has 0 saturated carbocycles.